The van der Waals surface area contributed by atoms with Gasteiger partial charge in [-0.2, -0.15) is 0 Å². The molecule has 3 rings (SSSR count). The van der Waals surface area contributed by atoms with E-state index < -0.39 is 0 Å². The molecule has 0 bridgehead atoms. The lowest BCUT2D eigenvalue weighted by Crippen LogP contribution is -2.06. The number of hydrogen-bond donors (Lipinski definition) is 1. The summed E-state index contributed by atoms with van der Waals surface area (Å²) in [6.07, 6.45) is 0. The third-order valence-corrected chi connectivity index (χ3v) is 2.83. The van der Waals surface area contributed by atoms with E-state index in [1.54, 1.807) is 0 Å². The second kappa shape index (κ2) is 4.03. The van der Waals surface area contributed by atoms with E-state index in [-0.39, 0.29) is 0 Å². The van der Waals surface area contributed by atoms with E-state index in [1.807, 2.05) is 36.4 Å². The van der Waals surface area contributed by atoms with Crippen molar-refractivity contribution in [1.29, 1.82) is 0 Å². The molecular formula is C14H13N3. The molecule has 0 spiro atoms. The molecule has 3 nitrogen and oxygen atoms in total. The number of nitrogens with two attached hydrogens (primary N) is 1. The Hall–Kier alpha value is -2.13. The summed E-state index contributed by atoms with van der Waals surface area (Å²) in [6.45, 7) is 0.434. The molecule has 0 atom stereocenters. The standard InChI is InChI=1S/C14H13N3/c15-10-14-16-12-8-4-5-9-13(12)17(14)11-6-2-1-3-7-11/h1-9H,10,15H2. The van der Waals surface area contributed by atoms with Gasteiger partial charge in [0.25, 0.3) is 0 Å². The summed E-state index contributed by atoms with van der Waals surface area (Å²) in [6, 6.07) is 18.2. The first kappa shape index (κ1) is 10.1. The lowest BCUT2D eigenvalue weighted by Gasteiger charge is -2.07. The van der Waals surface area contributed by atoms with Gasteiger partial charge >= 0.3 is 0 Å². The van der Waals surface area contributed by atoms with Crippen LogP contribution in [0.3, 0.4) is 0 Å². The van der Waals surface area contributed by atoms with E-state index in [0.29, 0.717) is 6.54 Å². The zero-order chi connectivity index (χ0) is 11.7. The Morgan fingerprint density at radius 2 is 1.65 bits per heavy atom. The number of para-hydroxylation sites is 3. The summed E-state index contributed by atoms with van der Waals surface area (Å²) in [5.74, 6) is 0.886. The van der Waals surface area contributed by atoms with Crippen molar-refractivity contribution in [3.63, 3.8) is 0 Å². The number of imidazole rings is 1. The van der Waals surface area contributed by atoms with E-state index in [0.717, 1.165) is 22.5 Å². The third-order valence-electron chi connectivity index (χ3n) is 2.83. The van der Waals surface area contributed by atoms with Crippen molar-refractivity contribution in [2.24, 2.45) is 5.73 Å². The van der Waals surface area contributed by atoms with Gasteiger partial charge in [-0.3, -0.25) is 4.57 Å². The Labute approximate surface area is 99.5 Å². The van der Waals surface area contributed by atoms with Crippen molar-refractivity contribution >= 4 is 11.0 Å². The maximum absolute atomic E-state index is 5.77. The van der Waals surface area contributed by atoms with Gasteiger partial charge in [0.2, 0.25) is 0 Å². The van der Waals surface area contributed by atoms with Crippen LogP contribution in [0.25, 0.3) is 16.7 Å². The van der Waals surface area contributed by atoms with Gasteiger partial charge in [0.05, 0.1) is 17.6 Å². The van der Waals surface area contributed by atoms with E-state index in [1.165, 1.54) is 0 Å². The molecule has 0 radical (unpaired) electrons. The topological polar surface area (TPSA) is 43.8 Å². The molecule has 2 aromatic carbocycles. The number of benzene rings is 2. The normalized spacial score (nSPS) is 10.9. The van der Waals surface area contributed by atoms with Gasteiger partial charge in [-0.15, -0.1) is 0 Å². The molecule has 3 heteroatoms. The molecule has 1 heterocycles. The Morgan fingerprint density at radius 3 is 2.41 bits per heavy atom. The third kappa shape index (κ3) is 1.61. The van der Waals surface area contributed by atoms with E-state index in [4.69, 9.17) is 5.73 Å². The second-order valence-corrected chi connectivity index (χ2v) is 3.89. The van der Waals surface area contributed by atoms with Crippen LogP contribution in [0.15, 0.2) is 54.6 Å². The summed E-state index contributed by atoms with van der Waals surface area (Å²) in [5, 5.41) is 0. The highest BCUT2D eigenvalue weighted by molar-refractivity contribution is 5.78. The molecule has 3 aromatic rings. The fourth-order valence-electron chi connectivity index (χ4n) is 2.08. The van der Waals surface area contributed by atoms with Crippen LogP contribution in [-0.2, 0) is 6.54 Å². The van der Waals surface area contributed by atoms with Gasteiger partial charge in [0.1, 0.15) is 5.82 Å². The Balaban J connectivity index is 2.34. The number of rotatable bonds is 2. The molecule has 0 saturated heterocycles. The van der Waals surface area contributed by atoms with Gasteiger partial charge in [-0.05, 0) is 24.3 Å². The van der Waals surface area contributed by atoms with Gasteiger partial charge in [0.15, 0.2) is 0 Å². The molecule has 17 heavy (non-hydrogen) atoms. The largest absolute Gasteiger partial charge is 0.324 e. The van der Waals surface area contributed by atoms with E-state index in [9.17, 15) is 0 Å². The van der Waals surface area contributed by atoms with Crippen LogP contribution in [0.4, 0.5) is 0 Å². The van der Waals surface area contributed by atoms with Crippen LogP contribution in [0.1, 0.15) is 5.82 Å². The Morgan fingerprint density at radius 1 is 0.941 bits per heavy atom. The quantitative estimate of drug-likeness (QED) is 0.725. The maximum Gasteiger partial charge on any atom is 0.128 e. The van der Waals surface area contributed by atoms with E-state index >= 15 is 0 Å². The van der Waals surface area contributed by atoms with Gasteiger partial charge in [0, 0.05) is 5.69 Å². The molecular weight excluding hydrogens is 210 g/mol. The Kier molecular flexibility index (Phi) is 2.38. The average Bonchev–Trinajstić information content (AvgIpc) is 2.78. The van der Waals surface area contributed by atoms with Crippen LogP contribution in [0.5, 0.6) is 0 Å². The molecule has 0 unspecified atom stereocenters. The highest BCUT2D eigenvalue weighted by atomic mass is 15.1. The number of hydrogen-bond acceptors (Lipinski definition) is 2. The number of aromatic nitrogens is 2. The SMILES string of the molecule is NCc1nc2ccccc2n1-c1ccccc1. The second-order valence-electron chi connectivity index (χ2n) is 3.89. The van der Waals surface area contributed by atoms with Crippen LogP contribution >= 0.6 is 0 Å². The summed E-state index contributed by atoms with van der Waals surface area (Å²) < 4.78 is 2.11. The lowest BCUT2D eigenvalue weighted by atomic mass is 10.3. The summed E-state index contributed by atoms with van der Waals surface area (Å²) in [5.41, 5.74) is 8.95. The highest BCUT2D eigenvalue weighted by Gasteiger charge is 2.09. The first-order valence-electron chi connectivity index (χ1n) is 5.62. The van der Waals surface area contributed by atoms with Crippen LogP contribution in [-0.4, -0.2) is 9.55 Å². The molecule has 0 aliphatic heterocycles. The molecule has 2 N–H and O–H groups in total. The summed E-state index contributed by atoms with van der Waals surface area (Å²) >= 11 is 0. The van der Waals surface area contributed by atoms with Crippen LogP contribution in [0.2, 0.25) is 0 Å². The molecule has 0 aliphatic rings. The monoisotopic (exact) mass is 223 g/mol. The van der Waals surface area contributed by atoms with Gasteiger partial charge < -0.3 is 5.73 Å². The van der Waals surface area contributed by atoms with Crippen LogP contribution in [0, 0.1) is 0 Å². The van der Waals surface area contributed by atoms with Crippen molar-refractivity contribution in [2.45, 2.75) is 6.54 Å². The zero-order valence-electron chi connectivity index (χ0n) is 9.38. The maximum atomic E-state index is 5.77. The highest BCUT2D eigenvalue weighted by Crippen LogP contribution is 2.20. The van der Waals surface area contributed by atoms with Crippen molar-refractivity contribution in [3.8, 4) is 5.69 Å². The van der Waals surface area contributed by atoms with Gasteiger partial charge in [-0.25, -0.2) is 4.98 Å². The lowest BCUT2D eigenvalue weighted by molar-refractivity contribution is 0.882. The Bertz CT molecular complexity index is 641. The predicted molar refractivity (Wildman–Crippen MR) is 69.0 cm³/mol. The van der Waals surface area contributed by atoms with Crippen molar-refractivity contribution < 1.29 is 0 Å². The fourth-order valence-corrected chi connectivity index (χ4v) is 2.08. The summed E-state index contributed by atoms with van der Waals surface area (Å²) in [7, 11) is 0. The predicted octanol–water partition coefficient (Wildman–Crippen LogP) is 2.48. The van der Waals surface area contributed by atoms with Crippen molar-refractivity contribution in [3.05, 3.63) is 60.4 Å². The minimum absolute atomic E-state index is 0.434. The molecule has 1 aromatic heterocycles. The number of fused-ring (bicyclic) bond motifs is 1. The fraction of sp³-hybridized carbons (Fsp3) is 0.0714. The first-order chi connectivity index (χ1) is 8.40. The summed E-state index contributed by atoms with van der Waals surface area (Å²) in [4.78, 5) is 4.55. The van der Waals surface area contributed by atoms with Gasteiger partial charge in [-0.1, -0.05) is 30.3 Å². The number of nitrogens with zero attached hydrogens (tertiary/aromatic N) is 2. The van der Waals surface area contributed by atoms with Crippen molar-refractivity contribution in [2.75, 3.05) is 0 Å². The van der Waals surface area contributed by atoms with Crippen molar-refractivity contribution in [1.82, 2.24) is 9.55 Å². The molecule has 84 valence electrons. The first-order valence-corrected chi connectivity index (χ1v) is 5.62. The van der Waals surface area contributed by atoms with E-state index in [2.05, 4.69) is 27.8 Å². The molecule has 0 fully saturated rings. The van der Waals surface area contributed by atoms with Crippen LogP contribution < -0.4 is 5.73 Å². The molecule has 0 aliphatic carbocycles. The average molecular weight is 223 g/mol. The zero-order valence-corrected chi connectivity index (χ0v) is 9.38. The molecule has 0 amide bonds. The smallest absolute Gasteiger partial charge is 0.128 e. The minimum Gasteiger partial charge on any atom is -0.324 e. The minimum atomic E-state index is 0.434. The molecule has 0 saturated carbocycles.